The number of benzene rings is 4. The predicted octanol–water partition coefficient (Wildman–Crippen LogP) is 6.83. The van der Waals surface area contributed by atoms with Crippen LogP contribution in [0.25, 0.3) is 33.0 Å². The minimum absolute atomic E-state index is 0.763. The van der Waals surface area contributed by atoms with E-state index in [0.29, 0.717) is 0 Å². The molecular weight excluding hydrogens is 300 g/mol. The Hall–Kier alpha value is -2.57. The maximum absolute atomic E-state index is 6.00. The molecule has 1 heteroatoms. The average Bonchev–Trinajstić information content (AvgIpc) is 2.62. The molecule has 0 saturated heterocycles. The summed E-state index contributed by atoms with van der Waals surface area (Å²) in [7, 11) is 0. The van der Waals surface area contributed by atoms with Gasteiger partial charge in [0.2, 0.25) is 0 Å². The standard InChI is InChI=1S/C22H15Cl/c23-20-13-11-16(12-14-20)19-10-9-18-7-4-8-21(22(18)15-19)17-5-2-1-3-6-17/h1-15H. The van der Waals surface area contributed by atoms with Crippen LogP contribution >= 0.6 is 11.6 Å². The maximum atomic E-state index is 6.00. The van der Waals surface area contributed by atoms with E-state index >= 15 is 0 Å². The van der Waals surface area contributed by atoms with Gasteiger partial charge in [-0.3, -0.25) is 0 Å². The maximum Gasteiger partial charge on any atom is 0.0406 e. The minimum Gasteiger partial charge on any atom is -0.0843 e. The van der Waals surface area contributed by atoms with Gasteiger partial charge in [0, 0.05) is 5.02 Å². The van der Waals surface area contributed by atoms with Crippen LogP contribution in [0.15, 0.2) is 91.0 Å². The molecule has 0 heterocycles. The fourth-order valence-electron chi connectivity index (χ4n) is 2.96. The van der Waals surface area contributed by atoms with Gasteiger partial charge in [-0.2, -0.15) is 0 Å². The molecule has 0 amide bonds. The van der Waals surface area contributed by atoms with Crippen molar-refractivity contribution in [3.8, 4) is 22.3 Å². The van der Waals surface area contributed by atoms with E-state index in [4.69, 9.17) is 11.6 Å². The molecule has 0 N–H and O–H groups in total. The normalized spacial score (nSPS) is 10.8. The van der Waals surface area contributed by atoms with Crippen LogP contribution in [0.1, 0.15) is 0 Å². The Morgan fingerprint density at radius 3 is 2.04 bits per heavy atom. The molecule has 0 nitrogen and oxygen atoms in total. The lowest BCUT2D eigenvalue weighted by Gasteiger charge is -2.09. The first-order valence-electron chi connectivity index (χ1n) is 7.65. The van der Waals surface area contributed by atoms with Crippen LogP contribution in [0.2, 0.25) is 5.02 Å². The SMILES string of the molecule is Clc1ccc(-c2ccc3cccc(-c4ccccc4)c3c2)cc1. The lowest BCUT2D eigenvalue weighted by atomic mass is 9.95. The van der Waals surface area contributed by atoms with Crippen molar-refractivity contribution in [3.05, 3.63) is 96.0 Å². The van der Waals surface area contributed by atoms with Crippen molar-refractivity contribution in [1.82, 2.24) is 0 Å². The highest BCUT2D eigenvalue weighted by Gasteiger charge is 2.05. The molecule has 0 aliphatic rings. The van der Waals surface area contributed by atoms with Gasteiger partial charge in [0.05, 0.1) is 0 Å². The van der Waals surface area contributed by atoms with E-state index in [-0.39, 0.29) is 0 Å². The van der Waals surface area contributed by atoms with E-state index in [1.165, 1.54) is 33.0 Å². The Bertz CT molecular complexity index is 954. The van der Waals surface area contributed by atoms with Gasteiger partial charge in [-0.25, -0.2) is 0 Å². The lowest BCUT2D eigenvalue weighted by Crippen LogP contribution is -1.83. The second kappa shape index (κ2) is 5.91. The van der Waals surface area contributed by atoms with Gasteiger partial charge >= 0.3 is 0 Å². The Morgan fingerprint density at radius 2 is 1.26 bits per heavy atom. The highest BCUT2D eigenvalue weighted by molar-refractivity contribution is 6.30. The molecule has 4 aromatic carbocycles. The topological polar surface area (TPSA) is 0 Å². The Balaban J connectivity index is 1.92. The van der Waals surface area contributed by atoms with Crippen molar-refractivity contribution in [2.24, 2.45) is 0 Å². The van der Waals surface area contributed by atoms with Crippen molar-refractivity contribution >= 4 is 22.4 Å². The summed E-state index contributed by atoms with van der Waals surface area (Å²) in [5.41, 5.74) is 4.89. The fraction of sp³-hybridized carbons (Fsp3) is 0. The van der Waals surface area contributed by atoms with E-state index in [2.05, 4.69) is 72.8 Å². The monoisotopic (exact) mass is 314 g/mol. The fourth-order valence-corrected chi connectivity index (χ4v) is 3.09. The molecule has 0 unspecified atom stereocenters. The van der Waals surface area contributed by atoms with Crippen molar-refractivity contribution in [2.45, 2.75) is 0 Å². The summed E-state index contributed by atoms with van der Waals surface area (Å²) in [6.07, 6.45) is 0. The van der Waals surface area contributed by atoms with E-state index in [1.54, 1.807) is 0 Å². The largest absolute Gasteiger partial charge is 0.0843 e. The van der Waals surface area contributed by atoms with Crippen LogP contribution in [-0.2, 0) is 0 Å². The van der Waals surface area contributed by atoms with E-state index in [0.717, 1.165) is 5.02 Å². The second-order valence-electron chi connectivity index (χ2n) is 5.61. The van der Waals surface area contributed by atoms with E-state index in [1.807, 2.05) is 18.2 Å². The van der Waals surface area contributed by atoms with Gasteiger partial charge in [-0.1, -0.05) is 84.4 Å². The van der Waals surface area contributed by atoms with Crippen molar-refractivity contribution < 1.29 is 0 Å². The molecule has 0 saturated carbocycles. The van der Waals surface area contributed by atoms with Crippen LogP contribution in [0.5, 0.6) is 0 Å². The zero-order valence-corrected chi connectivity index (χ0v) is 13.3. The first-order valence-corrected chi connectivity index (χ1v) is 8.03. The van der Waals surface area contributed by atoms with Crippen molar-refractivity contribution in [2.75, 3.05) is 0 Å². The minimum atomic E-state index is 0.763. The van der Waals surface area contributed by atoms with Gasteiger partial charge < -0.3 is 0 Å². The molecule has 0 aromatic heterocycles. The number of hydrogen-bond acceptors (Lipinski definition) is 0. The van der Waals surface area contributed by atoms with Crippen molar-refractivity contribution in [3.63, 3.8) is 0 Å². The van der Waals surface area contributed by atoms with Crippen LogP contribution in [0, 0.1) is 0 Å². The summed E-state index contributed by atoms with van der Waals surface area (Å²) < 4.78 is 0. The van der Waals surface area contributed by atoms with Crippen LogP contribution < -0.4 is 0 Å². The quantitative estimate of drug-likeness (QED) is 0.380. The molecule has 0 aliphatic heterocycles. The number of rotatable bonds is 2. The van der Waals surface area contributed by atoms with Gasteiger partial charge in [0.25, 0.3) is 0 Å². The van der Waals surface area contributed by atoms with Crippen LogP contribution in [0.3, 0.4) is 0 Å². The summed E-state index contributed by atoms with van der Waals surface area (Å²) in [5, 5.41) is 3.29. The highest BCUT2D eigenvalue weighted by atomic mass is 35.5. The molecular formula is C22H15Cl. The van der Waals surface area contributed by atoms with Gasteiger partial charge in [-0.15, -0.1) is 0 Å². The molecule has 0 aliphatic carbocycles. The van der Waals surface area contributed by atoms with Gasteiger partial charge in [0.1, 0.15) is 0 Å². The summed E-state index contributed by atoms with van der Waals surface area (Å²) in [6.45, 7) is 0. The molecule has 0 radical (unpaired) electrons. The van der Waals surface area contributed by atoms with Crippen LogP contribution in [0.4, 0.5) is 0 Å². The van der Waals surface area contributed by atoms with Crippen molar-refractivity contribution in [1.29, 1.82) is 0 Å². The zero-order chi connectivity index (χ0) is 15.6. The number of halogens is 1. The van der Waals surface area contributed by atoms with E-state index in [9.17, 15) is 0 Å². The van der Waals surface area contributed by atoms with Gasteiger partial charge in [-0.05, 0) is 51.2 Å². The van der Waals surface area contributed by atoms with Crippen LogP contribution in [-0.4, -0.2) is 0 Å². The highest BCUT2D eigenvalue weighted by Crippen LogP contribution is 2.32. The third-order valence-electron chi connectivity index (χ3n) is 4.14. The smallest absolute Gasteiger partial charge is 0.0406 e. The number of hydrogen-bond donors (Lipinski definition) is 0. The molecule has 110 valence electrons. The lowest BCUT2D eigenvalue weighted by molar-refractivity contribution is 1.62. The first kappa shape index (κ1) is 14.0. The third-order valence-corrected chi connectivity index (χ3v) is 4.40. The first-order chi connectivity index (χ1) is 11.3. The van der Waals surface area contributed by atoms with E-state index < -0.39 is 0 Å². The Kier molecular flexibility index (Phi) is 3.61. The summed E-state index contributed by atoms with van der Waals surface area (Å²) >= 11 is 6.00. The Morgan fingerprint density at radius 1 is 0.522 bits per heavy atom. The van der Waals surface area contributed by atoms with Gasteiger partial charge in [0.15, 0.2) is 0 Å². The molecule has 0 atom stereocenters. The molecule has 0 spiro atoms. The summed E-state index contributed by atoms with van der Waals surface area (Å²) in [6, 6.07) is 31.6. The molecule has 23 heavy (non-hydrogen) atoms. The second-order valence-corrected chi connectivity index (χ2v) is 6.05. The summed E-state index contributed by atoms with van der Waals surface area (Å²) in [5.74, 6) is 0. The third kappa shape index (κ3) is 2.74. The molecule has 0 fully saturated rings. The molecule has 4 aromatic rings. The molecule has 0 bridgehead atoms. The Labute approximate surface area is 141 Å². The zero-order valence-electron chi connectivity index (χ0n) is 12.5. The predicted molar refractivity (Wildman–Crippen MR) is 99.8 cm³/mol. The molecule has 4 rings (SSSR count). The average molecular weight is 315 g/mol. The summed E-state index contributed by atoms with van der Waals surface area (Å²) in [4.78, 5) is 0. The number of fused-ring (bicyclic) bond motifs is 1.